The largest absolute Gasteiger partial charge is 0.299 e. The molecule has 0 saturated heterocycles. The first kappa shape index (κ1) is 25.0. The highest BCUT2D eigenvalue weighted by molar-refractivity contribution is 4.69. The summed E-state index contributed by atoms with van der Waals surface area (Å²) in [7, 11) is 0. The van der Waals surface area contributed by atoms with Crippen LogP contribution in [-0.2, 0) is 0 Å². The third-order valence-electron chi connectivity index (χ3n) is 5.29. The summed E-state index contributed by atoms with van der Waals surface area (Å²) in [6.45, 7) is 12.0. The van der Waals surface area contributed by atoms with Crippen LogP contribution in [0.5, 0.6) is 0 Å². The molecule has 0 aromatic carbocycles. The molecule has 0 atom stereocenters. The summed E-state index contributed by atoms with van der Waals surface area (Å²) in [5.74, 6) is 0. The van der Waals surface area contributed by atoms with E-state index in [2.05, 4.69) is 32.2 Å². The molecule has 0 aromatic heterocycles. The van der Waals surface area contributed by atoms with Gasteiger partial charge in [-0.2, -0.15) is 0 Å². The van der Waals surface area contributed by atoms with Crippen LogP contribution in [0.15, 0.2) is 0 Å². The molecule has 0 aliphatic carbocycles. The van der Waals surface area contributed by atoms with Crippen LogP contribution in [0.2, 0.25) is 0 Å². The van der Waals surface area contributed by atoms with Crippen LogP contribution in [0.4, 0.5) is 0 Å². The second-order valence-electron chi connectivity index (χ2n) is 7.96. The standard InChI is InChI=1S/C24H50N/c1-4-7-10-13-14-15-16-17-18-21-24-25(22-19-11-8-5-2)23-20-12-9-6-3/h24H,4-23H2,1-3H3. The highest BCUT2D eigenvalue weighted by atomic mass is 15.1. The third-order valence-corrected chi connectivity index (χ3v) is 5.29. The minimum Gasteiger partial charge on any atom is -0.299 e. The molecule has 0 fully saturated rings. The van der Waals surface area contributed by atoms with Crippen molar-refractivity contribution in [1.29, 1.82) is 0 Å². The Balaban J connectivity index is 3.59. The van der Waals surface area contributed by atoms with Crippen LogP contribution in [0.3, 0.4) is 0 Å². The summed E-state index contributed by atoms with van der Waals surface area (Å²) < 4.78 is 0. The second-order valence-corrected chi connectivity index (χ2v) is 7.96. The number of hydrogen-bond acceptors (Lipinski definition) is 1. The van der Waals surface area contributed by atoms with Crippen molar-refractivity contribution in [2.45, 2.75) is 136 Å². The van der Waals surface area contributed by atoms with Crippen LogP contribution in [0, 0.1) is 6.54 Å². The zero-order valence-corrected chi connectivity index (χ0v) is 18.2. The van der Waals surface area contributed by atoms with Crippen LogP contribution in [-0.4, -0.2) is 18.0 Å². The molecule has 1 radical (unpaired) electrons. The highest BCUT2D eigenvalue weighted by Gasteiger charge is 2.05. The predicted molar refractivity (Wildman–Crippen MR) is 116 cm³/mol. The Hall–Kier alpha value is -0.0400. The molecule has 0 heterocycles. The van der Waals surface area contributed by atoms with Crippen molar-refractivity contribution in [1.82, 2.24) is 4.90 Å². The Morgan fingerprint density at radius 3 is 1.24 bits per heavy atom. The maximum absolute atomic E-state index is 2.65. The Morgan fingerprint density at radius 2 is 0.800 bits per heavy atom. The average molecular weight is 353 g/mol. The number of rotatable bonds is 21. The molecule has 1 nitrogen and oxygen atoms in total. The van der Waals surface area contributed by atoms with E-state index >= 15 is 0 Å². The van der Waals surface area contributed by atoms with Crippen molar-refractivity contribution in [3.8, 4) is 0 Å². The first-order chi connectivity index (χ1) is 12.3. The maximum atomic E-state index is 2.65. The minimum atomic E-state index is 1.30. The van der Waals surface area contributed by atoms with E-state index in [1.807, 2.05) is 0 Å². The van der Waals surface area contributed by atoms with Gasteiger partial charge in [0.15, 0.2) is 0 Å². The van der Waals surface area contributed by atoms with Crippen molar-refractivity contribution in [2.75, 3.05) is 13.1 Å². The van der Waals surface area contributed by atoms with Gasteiger partial charge in [-0.05, 0) is 32.4 Å². The Labute approximate surface area is 161 Å². The lowest BCUT2D eigenvalue weighted by molar-refractivity contribution is 0.303. The average Bonchev–Trinajstić information content (AvgIpc) is 2.63. The van der Waals surface area contributed by atoms with Gasteiger partial charge in [-0.3, -0.25) is 4.90 Å². The van der Waals surface area contributed by atoms with E-state index in [1.165, 1.54) is 129 Å². The Kier molecular flexibility index (Phi) is 22.0. The lowest BCUT2D eigenvalue weighted by Gasteiger charge is -2.22. The van der Waals surface area contributed by atoms with Crippen LogP contribution in [0.1, 0.15) is 136 Å². The lowest BCUT2D eigenvalue weighted by Crippen LogP contribution is -2.23. The maximum Gasteiger partial charge on any atom is 0.0251 e. The first-order valence-corrected chi connectivity index (χ1v) is 11.9. The number of unbranched alkanes of at least 4 members (excludes halogenated alkanes) is 15. The normalized spacial score (nSPS) is 11.5. The molecule has 0 spiro atoms. The third kappa shape index (κ3) is 20.1. The van der Waals surface area contributed by atoms with Gasteiger partial charge < -0.3 is 0 Å². The van der Waals surface area contributed by atoms with E-state index < -0.39 is 0 Å². The summed E-state index contributed by atoms with van der Waals surface area (Å²) in [6.07, 6.45) is 25.3. The molecule has 25 heavy (non-hydrogen) atoms. The molecular weight excluding hydrogens is 302 g/mol. The van der Waals surface area contributed by atoms with Crippen molar-refractivity contribution in [2.24, 2.45) is 0 Å². The second kappa shape index (κ2) is 22.0. The van der Waals surface area contributed by atoms with E-state index in [1.54, 1.807) is 0 Å². The van der Waals surface area contributed by atoms with Crippen LogP contribution < -0.4 is 0 Å². The molecule has 0 rings (SSSR count). The topological polar surface area (TPSA) is 3.24 Å². The monoisotopic (exact) mass is 352 g/mol. The predicted octanol–water partition coefficient (Wildman–Crippen LogP) is 8.53. The van der Waals surface area contributed by atoms with Gasteiger partial charge in [-0.1, -0.05) is 117 Å². The fourth-order valence-electron chi connectivity index (χ4n) is 3.51. The van der Waals surface area contributed by atoms with Gasteiger partial charge in [-0.25, -0.2) is 0 Å². The SMILES string of the molecule is CCCCCCCCCCC[CH]N(CCCCCC)CCCCCC. The van der Waals surface area contributed by atoms with Gasteiger partial charge in [0, 0.05) is 6.54 Å². The Morgan fingerprint density at radius 1 is 0.440 bits per heavy atom. The molecule has 0 aliphatic heterocycles. The molecule has 1 heteroatoms. The van der Waals surface area contributed by atoms with Crippen molar-refractivity contribution in [3.63, 3.8) is 0 Å². The molecule has 151 valence electrons. The van der Waals surface area contributed by atoms with E-state index in [9.17, 15) is 0 Å². The molecule has 0 N–H and O–H groups in total. The van der Waals surface area contributed by atoms with E-state index in [0.29, 0.717) is 0 Å². The Bertz CT molecular complexity index is 214. The molecule has 0 bridgehead atoms. The van der Waals surface area contributed by atoms with E-state index in [-0.39, 0.29) is 0 Å². The van der Waals surface area contributed by atoms with Gasteiger partial charge >= 0.3 is 0 Å². The van der Waals surface area contributed by atoms with Crippen LogP contribution >= 0.6 is 0 Å². The lowest BCUT2D eigenvalue weighted by atomic mass is 10.1. The smallest absolute Gasteiger partial charge is 0.0251 e. The molecule has 0 aliphatic rings. The van der Waals surface area contributed by atoms with E-state index in [0.717, 1.165) is 0 Å². The molecule has 0 unspecified atom stereocenters. The van der Waals surface area contributed by atoms with Gasteiger partial charge in [0.25, 0.3) is 0 Å². The molecule has 0 amide bonds. The van der Waals surface area contributed by atoms with E-state index in [4.69, 9.17) is 0 Å². The fourth-order valence-corrected chi connectivity index (χ4v) is 3.51. The van der Waals surface area contributed by atoms with Gasteiger partial charge in [0.1, 0.15) is 0 Å². The fraction of sp³-hybridized carbons (Fsp3) is 0.958. The zero-order valence-electron chi connectivity index (χ0n) is 18.2. The van der Waals surface area contributed by atoms with Crippen molar-refractivity contribution < 1.29 is 0 Å². The summed E-state index contributed by atoms with van der Waals surface area (Å²) in [6, 6.07) is 0. The van der Waals surface area contributed by atoms with Crippen molar-refractivity contribution >= 4 is 0 Å². The minimum absolute atomic E-state index is 1.30. The number of nitrogens with zero attached hydrogens (tertiary/aromatic N) is 1. The summed E-state index contributed by atoms with van der Waals surface area (Å²) in [4.78, 5) is 2.65. The van der Waals surface area contributed by atoms with Gasteiger partial charge in [0.05, 0.1) is 0 Å². The summed E-state index contributed by atoms with van der Waals surface area (Å²) in [5, 5.41) is 0. The summed E-state index contributed by atoms with van der Waals surface area (Å²) in [5.41, 5.74) is 0. The quantitative estimate of drug-likeness (QED) is 0.187. The number of hydrogen-bond donors (Lipinski definition) is 0. The van der Waals surface area contributed by atoms with Gasteiger partial charge in [-0.15, -0.1) is 0 Å². The molecule has 0 aromatic rings. The highest BCUT2D eigenvalue weighted by Crippen LogP contribution is 2.13. The zero-order chi connectivity index (χ0) is 18.4. The molecule has 0 saturated carbocycles. The summed E-state index contributed by atoms with van der Waals surface area (Å²) >= 11 is 0. The first-order valence-electron chi connectivity index (χ1n) is 11.9. The van der Waals surface area contributed by atoms with Gasteiger partial charge in [0.2, 0.25) is 0 Å². The van der Waals surface area contributed by atoms with Crippen molar-refractivity contribution in [3.05, 3.63) is 6.54 Å². The van der Waals surface area contributed by atoms with Crippen LogP contribution in [0.25, 0.3) is 0 Å². The molecular formula is C24H50N.